The summed E-state index contributed by atoms with van der Waals surface area (Å²) in [5.74, 6) is -1.52. The molecule has 190 valence electrons. The van der Waals surface area contributed by atoms with E-state index in [-0.39, 0.29) is 10.7 Å². The number of imide groups is 1. The number of halogens is 3. The van der Waals surface area contributed by atoms with Gasteiger partial charge in [0.1, 0.15) is 17.5 Å². The lowest BCUT2D eigenvalue weighted by Crippen LogP contribution is -2.48. The average Bonchev–Trinajstić information content (AvgIpc) is 3.40. The van der Waals surface area contributed by atoms with Crippen LogP contribution in [0.2, 0.25) is 10.0 Å². The molecule has 0 aromatic heterocycles. The topological polar surface area (TPSA) is 88.2 Å². The molecule has 0 spiro atoms. The minimum atomic E-state index is -1.13. The van der Waals surface area contributed by atoms with Crippen LogP contribution in [0.1, 0.15) is 22.0 Å². The van der Waals surface area contributed by atoms with Crippen molar-refractivity contribution in [1.82, 2.24) is 10.4 Å². The molecule has 37 heavy (non-hydrogen) atoms. The molecular formula is C26H20BrCl2N3O5. The van der Waals surface area contributed by atoms with Crippen LogP contribution in [0.3, 0.4) is 0 Å². The number of nitrogens with zero attached hydrogens (tertiary/aromatic N) is 2. The third-order valence-electron chi connectivity index (χ3n) is 6.45. The standard InChI is InChI=1S/C26H20BrCl2N3O5/c1-36-16-7-9-20(37-2)17(12-16)22-21-23(32(30-22)24(33)13-4-3-5-14(27)10-13)26(35)31(25(21)34)19-8-6-15(28)11-18(19)29/h3-12,21-23,30H,1-2H3/t21-,22+,23-/m1/s1. The van der Waals surface area contributed by atoms with Gasteiger partial charge >= 0.3 is 0 Å². The van der Waals surface area contributed by atoms with Crippen LogP contribution in [-0.2, 0) is 9.59 Å². The van der Waals surface area contributed by atoms with E-state index < -0.39 is 35.7 Å². The molecular weight excluding hydrogens is 585 g/mol. The first kappa shape index (κ1) is 25.5. The Labute approximate surface area is 231 Å². The van der Waals surface area contributed by atoms with E-state index in [0.717, 1.165) is 4.90 Å². The molecule has 3 amide bonds. The van der Waals surface area contributed by atoms with Crippen molar-refractivity contribution in [1.29, 1.82) is 0 Å². The van der Waals surface area contributed by atoms with Crippen molar-refractivity contribution in [3.05, 3.63) is 86.3 Å². The maximum Gasteiger partial charge on any atom is 0.268 e. The van der Waals surface area contributed by atoms with E-state index in [0.29, 0.717) is 32.1 Å². The van der Waals surface area contributed by atoms with Crippen LogP contribution in [0, 0.1) is 5.92 Å². The summed E-state index contributed by atoms with van der Waals surface area (Å²) in [5.41, 5.74) is 4.21. The number of carbonyl (C=O) groups excluding carboxylic acids is 3. The summed E-state index contributed by atoms with van der Waals surface area (Å²) in [4.78, 5) is 42.4. The lowest BCUT2D eigenvalue weighted by Gasteiger charge is -2.26. The third kappa shape index (κ3) is 4.35. The average molecular weight is 605 g/mol. The lowest BCUT2D eigenvalue weighted by molar-refractivity contribution is -0.123. The van der Waals surface area contributed by atoms with E-state index in [1.54, 1.807) is 48.5 Å². The fraction of sp³-hybridized carbons (Fsp3) is 0.192. The number of fused-ring (bicyclic) bond motifs is 1. The largest absolute Gasteiger partial charge is 0.497 e. The molecule has 0 radical (unpaired) electrons. The molecule has 11 heteroatoms. The minimum Gasteiger partial charge on any atom is -0.497 e. The van der Waals surface area contributed by atoms with E-state index in [1.807, 2.05) is 0 Å². The Morgan fingerprint density at radius 1 is 0.973 bits per heavy atom. The van der Waals surface area contributed by atoms with E-state index in [2.05, 4.69) is 21.4 Å². The smallest absolute Gasteiger partial charge is 0.268 e. The number of anilines is 1. The van der Waals surface area contributed by atoms with Gasteiger partial charge in [0.15, 0.2) is 0 Å². The summed E-state index contributed by atoms with van der Waals surface area (Å²) in [7, 11) is 3.03. The summed E-state index contributed by atoms with van der Waals surface area (Å²) in [5, 5.41) is 1.72. The van der Waals surface area contributed by atoms with E-state index in [1.165, 1.54) is 31.4 Å². The van der Waals surface area contributed by atoms with Gasteiger partial charge in [-0.15, -0.1) is 0 Å². The molecule has 2 saturated heterocycles. The van der Waals surface area contributed by atoms with Gasteiger partial charge in [-0.3, -0.25) is 19.4 Å². The van der Waals surface area contributed by atoms with Crippen molar-refractivity contribution in [2.45, 2.75) is 12.1 Å². The van der Waals surface area contributed by atoms with E-state index >= 15 is 0 Å². The first-order valence-electron chi connectivity index (χ1n) is 11.1. The van der Waals surface area contributed by atoms with Crippen LogP contribution in [0.25, 0.3) is 0 Å². The quantitative estimate of drug-likeness (QED) is 0.411. The number of hydrogen-bond acceptors (Lipinski definition) is 6. The van der Waals surface area contributed by atoms with Crippen molar-refractivity contribution in [3.63, 3.8) is 0 Å². The Bertz CT molecular complexity index is 1440. The lowest BCUT2D eigenvalue weighted by atomic mass is 9.90. The molecule has 3 aromatic rings. The third-order valence-corrected chi connectivity index (χ3v) is 7.48. The fourth-order valence-electron chi connectivity index (χ4n) is 4.78. The maximum absolute atomic E-state index is 13.9. The van der Waals surface area contributed by atoms with Gasteiger partial charge in [0, 0.05) is 20.6 Å². The molecule has 0 aliphatic carbocycles. The number of amides is 3. The van der Waals surface area contributed by atoms with Crippen molar-refractivity contribution in [3.8, 4) is 11.5 Å². The van der Waals surface area contributed by atoms with Gasteiger partial charge in [0.25, 0.3) is 11.8 Å². The molecule has 2 heterocycles. The van der Waals surface area contributed by atoms with Crippen LogP contribution < -0.4 is 19.8 Å². The monoisotopic (exact) mass is 603 g/mol. The molecule has 3 atom stereocenters. The molecule has 2 aliphatic heterocycles. The first-order chi connectivity index (χ1) is 17.7. The Morgan fingerprint density at radius 3 is 2.43 bits per heavy atom. The zero-order valence-electron chi connectivity index (χ0n) is 19.6. The van der Waals surface area contributed by atoms with Crippen LogP contribution in [0.15, 0.2) is 65.1 Å². The number of hydrogen-bond donors (Lipinski definition) is 1. The van der Waals surface area contributed by atoms with E-state index in [9.17, 15) is 14.4 Å². The number of hydrazine groups is 1. The number of rotatable bonds is 5. The zero-order chi connectivity index (χ0) is 26.4. The van der Waals surface area contributed by atoms with Crippen molar-refractivity contribution in [2.75, 3.05) is 19.1 Å². The maximum atomic E-state index is 13.9. The first-order valence-corrected chi connectivity index (χ1v) is 12.7. The Balaban J connectivity index is 1.64. The molecule has 2 fully saturated rings. The summed E-state index contributed by atoms with van der Waals surface area (Å²) >= 11 is 15.8. The van der Waals surface area contributed by atoms with Crippen molar-refractivity contribution < 1.29 is 23.9 Å². The summed E-state index contributed by atoms with van der Waals surface area (Å²) < 4.78 is 11.6. The number of ether oxygens (including phenoxy) is 2. The molecule has 0 unspecified atom stereocenters. The van der Waals surface area contributed by atoms with Gasteiger partial charge < -0.3 is 9.47 Å². The number of benzene rings is 3. The molecule has 2 aliphatic rings. The predicted octanol–water partition coefficient (Wildman–Crippen LogP) is 5.03. The highest BCUT2D eigenvalue weighted by molar-refractivity contribution is 9.10. The van der Waals surface area contributed by atoms with Gasteiger partial charge in [-0.05, 0) is 54.6 Å². The van der Waals surface area contributed by atoms with Crippen LogP contribution >= 0.6 is 39.1 Å². The second kappa shape index (κ2) is 9.98. The molecule has 1 N–H and O–H groups in total. The summed E-state index contributed by atoms with van der Waals surface area (Å²) in [6, 6.07) is 14.5. The van der Waals surface area contributed by atoms with Crippen molar-refractivity contribution in [2.24, 2.45) is 5.92 Å². The molecule has 8 nitrogen and oxygen atoms in total. The molecule has 5 rings (SSSR count). The Kier molecular flexibility index (Phi) is 6.89. The van der Waals surface area contributed by atoms with Gasteiger partial charge in [-0.2, -0.15) is 0 Å². The fourth-order valence-corrected chi connectivity index (χ4v) is 5.67. The molecule has 0 saturated carbocycles. The van der Waals surface area contributed by atoms with Crippen molar-refractivity contribution >= 4 is 62.5 Å². The SMILES string of the molecule is COc1ccc(OC)c([C@@H]2NN(C(=O)c3cccc(Br)c3)[C@H]3C(=O)N(c4ccc(Cl)cc4Cl)C(=O)[C@H]23)c1. The second-order valence-corrected chi connectivity index (χ2v) is 10.2. The normalized spacial score (nSPS) is 20.8. The number of nitrogens with one attached hydrogen (secondary N) is 1. The van der Waals surface area contributed by atoms with Crippen LogP contribution in [0.5, 0.6) is 11.5 Å². The highest BCUT2D eigenvalue weighted by Crippen LogP contribution is 2.46. The van der Waals surface area contributed by atoms with Gasteiger partial charge in [0.2, 0.25) is 5.91 Å². The number of carbonyl (C=O) groups is 3. The van der Waals surface area contributed by atoms with Gasteiger partial charge in [-0.25, -0.2) is 10.3 Å². The minimum absolute atomic E-state index is 0.141. The highest BCUT2D eigenvalue weighted by atomic mass is 79.9. The van der Waals surface area contributed by atoms with E-state index in [4.69, 9.17) is 32.7 Å². The Morgan fingerprint density at radius 2 is 1.76 bits per heavy atom. The number of methoxy groups -OCH3 is 2. The summed E-state index contributed by atoms with van der Waals surface area (Å²) in [6.07, 6.45) is 0. The van der Waals surface area contributed by atoms with Crippen LogP contribution in [0.4, 0.5) is 5.69 Å². The Hall–Kier alpha value is -3.11. The van der Waals surface area contributed by atoms with Gasteiger partial charge in [-0.1, -0.05) is 45.2 Å². The second-order valence-electron chi connectivity index (χ2n) is 8.48. The van der Waals surface area contributed by atoms with Crippen LogP contribution in [-0.4, -0.2) is 43.0 Å². The predicted molar refractivity (Wildman–Crippen MR) is 142 cm³/mol. The molecule has 3 aromatic carbocycles. The highest BCUT2D eigenvalue weighted by Gasteiger charge is 2.61. The van der Waals surface area contributed by atoms with Gasteiger partial charge in [0.05, 0.1) is 36.9 Å². The summed E-state index contributed by atoms with van der Waals surface area (Å²) in [6.45, 7) is 0. The zero-order valence-corrected chi connectivity index (χ0v) is 22.7. The molecule has 0 bridgehead atoms.